The van der Waals surface area contributed by atoms with Gasteiger partial charge in [-0.05, 0) is 20.8 Å². The van der Waals surface area contributed by atoms with Gasteiger partial charge in [0.1, 0.15) is 6.10 Å². The van der Waals surface area contributed by atoms with Crippen molar-refractivity contribution in [3.8, 4) is 0 Å². The lowest BCUT2D eigenvalue weighted by molar-refractivity contribution is -0.0478. The molecule has 1 atom stereocenters. The summed E-state index contributed by atoms with van der Waals surface area (Å²) in [5, 5.41) is 0. The number of sulfone groups is 2. The van der Waals surface area contributed by atoms with Gasteiger partial charge < -0.3 is 9.47 Å². The highest BCUT2D eigenvalue weighted by Crippen LogP contribution is 2.38. The van der Waals surface area contributed by atoms with E-state index in [-0.39, 0.29) is 0 Å². The summed E-state index contributed by atoms with van der Waals surface area (Å²) in [5.74, 6) is 0. The average molecular weight is 424 g/mol. The quantitative estimate of drug-likeness (QED) is 0.477. The highest BCUT2D eigenvalue weighted by Gasteiger charge is 2.63. The Hall–Kier alpha value is -1.25. The maximum absolute atomic E-state index is 12.5. The first-order valence-electron chi connectivity index (χ1n) is 6.31. The van der Waals surface area contributed by atoms with Crippen LogP contribution < -0.4 is 0 Å². The molecule has 0 saturated heterocycles. The summed E-state index contributed by atoms with van der Waals surface area (Å²) in [6.07, 6.45) is -6.01. The van der Waals surface area contributed by atoms with Crippen LogP contribution in [0.3, 0.4) is 0 Å². The maximum Gasteiger partial charge on any atom is 0.508 e. The van der Waals surface area contributed by atoms with Gasteiger partial charge in [0.2, 0.25) is 0 Å². The summed E-state index contributed by atoms with van der Waals surface area (Å²) >= 11 is 0. The van der Waals surface area contributed by atoms with Crippen molar-refractivity contribution in [1.82, 2.24) is 0 Å². The van der Waals surface area contributed by atoms with Crippen molar-refractivity contribution in [1.29, 1.82) is 0 Å². The van der Waals surface area contributed by atoms with E-state index in [0.29, 0.717) is 6.92 Å². The molecule has 0 aromatic heterocycles. The molecule has 7 nitrogen and oxygen atoms in total. The van der Waals surface area contributed by atoms with Crippen LogP contribution in [0, 0.1) is 0 Å². The number of ether oxygens (including phenoxy) is 2. The highest BCUT2D eigenvalue weighted by atomic mass is 32.3. The van der Waals surface area contributed by atoms with Crippen LogP contribution in [0.5, 0.6) is 0 Å². The zero-order chi connectivity index (χ0) is 20.4. The normalized spacial score (nSPS) is 15.3. The molecule has 0 aliphatic rings. The second-order valence-electron chi connectivity index (χ2n) is 4.99. The van der Waals surface area contributed by atoms with Crippen molar-refractivity contribution in [2.75, 3.05) is 0 Å². The van der Waals surface area contributed by atoms with Crippen molar-refractivity contribution in [3.63, 3.8) is 0 Å². The summed E-state index contributed by atoms with van der Waals surface area (Å²) in [4.78, 5) is 11.2. The largest absolute Gasteiger partial charge is 0.508 e. The van der Waals surface area contributed by atoms with Crippen LogP contribution in [0.2, 0.25) is 0 Å². The summed E-state index contributed by atoms with van der Waals surface area (Å²) in [6, 6.07) is 0. The van der Waals surface area contributed by atoms with Gasteiger partial charge in [0.15, 0.2) is 4.58 Å². The monoisotopic (exact) mass is 424 g/mol. The molecule has 0 saturated carbocycles. The molecule has 0 bridgehead atoms. The van der Waals surface area contributed by atoms with Crippen LogP contribution in [0.15, 0.2) is 0 Å². The summed E-state index contributed by atoms with van der Waals surface area (Å²) < 4.78 is 125. The minimum atomic E-state index is -6.77. The van der Waals surface area contributed by atoms with Crippen LogP contribution in [0.25, 0.3) is 0 Å². The molecule has 0 aliphatic heterocycles. The standard InChI is InChI=1S/C10H14F6O7S2/c1-5(2)22-8(17)23-6(3)4-7(24(18,19)9(11,12)13)25(20,21)10(14,15)16/h5-7H,4H2,1-3H3. The zero-order valence-electron chi connectivity index (χ0n) is 12.9. The fraction of sp³-hybridized carbons (Fsp3) is 0.900. The maximum atomic E-state index is 12.5. The third-order valence-electron chi connectivity index (χ3n) is 2.49. The Balaban J connectivity index is 5.79. The van der Waals surface area contributed by atoms with Crippen molar-refractivity contribution < 1.29 is 57.4 Å². The number of hydrogen-bond acceptors (Lipinski definition) is 7. The van der Waals surface area contributed by atoms with Gasteiger partial charge in [-0.3, -0.25) is 0 Å². The van der Waals surface area contributed by atoms with Gasteiger partial charge in [-0.1, -0.05) is 0 Å². The Labute approximate surface area is 139 Å². The van der Waals surface area contributed by atoms with Crippen molar-refractivity contribution in [3.05, 3.63) is 0 Å². The minimum absolute atomic E-state index is 0.715. The van der Waals surface area contributed by atoms with Gasteiger partial charge in [0.25, 0.3) is 19.7 Å². The molecule has 1 unspecified atom stereocenters. The second kappa shape index (κ2) is 7.55. The van der Waals surface area contributed by atoms with Gasteiger partial charge in [-0.15, -0.1) is 0 Å². The third kappa shape index (κ3) is 5.90. The van der Waals surface area contributed by atoms with Crippen LogP contribution in [0.1, 0.15) is 27.2 Å². The molecule has 0 radical (unpaired) electrons. The fourth-order valence-electron chi connectivity index (χ4n) is 1.42. The molecule has 0 heterocycles. The van der Waals surface area contributed by atoms with Crippen molar-refractivity contribution in [2.45, 2.75) is 55.0 Å². The molecule has 0 spiro atoms. The van der Waals surface area contributed by atoms with E-state index in [1.54, 1.807) is 0 Å². The van der Waals surface area contributed by atoms with E-state index in [1.165, 1.54) is 13.8 Å². The number of carbonyl (C=O) groups excluding carboxylic acids is 1. The fourth-order valence-corrected chi connectivity index (χ4v) is 5.06. The number of carbonyl (C=O) groups is 1. The molecule has 150 valence electrons. The number of hydrogen-bond donors (Lipinski definition) is 0. The van der Waals surface area contributed by atoms with Gasteiger partial charge in [-0.2, -0.15) is 26.3 Å². The first kappa shape index (κ1) is 23.8. The molecule has 0 N–H and O–H groups in total. The van der Waals surface area contributed by atoms with E-state index >= 15 is 0 Å². The molecular weight excluding hydrogens is 410 g/mol. The Bertz CT molecular complexity index is 634. The predicted molar refractivity (Wildman–Crippen MR) is 70.5 cm³/mol. The van der Waals surface area contributed by atoms with E-state index < -0.39 is 60.1 Å². The zero-order valence-corrected chi connectivity index (χ0v) is 14.5. The molecule has 0 rings (SSSR count). The first-order chi connectivity index (χ1) is 10.8. The van der Waals surface area contributed by atoms with Crippen LogP contribution in [-0.4, -0.2) is 50.8 Å². The Morgan fingerprint density at radius 3 is 1.48 bits per heavy atom. The number of halogens is 6. The smallest absolute Gasteiger partial charge is 0.432 e. The first-order valence-corrected chi connectivity index (χ1v) is 9.41. The van der Waals surface area contributed by atoms with E-state index in [4.69, 9.17) is 0 Å². The molecule has 0 fully saturated rings. The summed E-state index contributed by atoms with van der Waals surface area (Å²) in [5.41, 5.74) is -12.5. The number of alkyl halides is 6. The molecule has 0 aromatic rings. The van der Waals surface area contributed by atoms with E-state index in [1.807, 2.05) is 0 Å². The van der Waals surface area contributed by atoms with Crippen molar-refractivity contribution >= 4 is 25.8 Å². The topological polar surface area (TPSA) is 104 Å². The average Bonchev–Trinajstić information content (AvgIpc) is 2.31. The van der Waals surface area contributed by atoms with Crippen molar-refractivity contribution in [2.24, 2.45) is 0 Å². The lowest BCUT2D eigenvalue weighted by atomic mass is 10.3. The second-order valence-corrected chi connectivity index (χ2v) is 9.53. The van der Waals surface area contributed by atoms with E-state index in [2.05, 4.69) is 9.47 Å². The lowest BCUT2D eigenvalue weighted by Crippen LogP contribution is -2.46. The Kier molecular flexibility index (Phi) is 7.17. The van der Waals surface area contributed by atoms with Crippen LogP contribution >= 0.6 is 0 Å². The van der Waals surface area contributed by atoms with Gasteiger partial charge in [0, 0.05) is 6.42 Å². The Morgan fingerprint density at radius 1 is 0.840 bits per heavy atom. The highest BCUT2D eigenvalue weighted by molar-refractivity contribution is 8.09. The van der Waals surface area contributed by atoms with E-state index in [9.17, 15) is 48.0 Å². The van der Waals surface area contributed by atoms with Gasteiger partial charge in [0.05, 0.1) is 6.10 Å². The number of rotatable bonds is 6. The SMILES string of the molecule is CC(C)OC(=O)OC(C)CC(S(=O)(=O)C(F)(F)F)S(=O)(=O)C(F)(F)F. The molecule has 0 amide bonds. The molecular formula is C10H14F6O7S2. The van der Waals surface area contributed by atoms with Gasteiger partial charge >= 0.3 is 17.2 Å². The summed E-state index contributed by atoms with van der Waals surface area (Å²) in [7, 11) is -13.5. The molecule has 0 aromatic carbocycles. The third-order valence-corrected chi connectivity index (χ3v) is 7.07. The minimum Gasteiger partial charge on any atom is -0.432 e. The summed E-state index contributed by atoms with van der Waals surface area (Å²) in [6.45, 7) is 3.40. The molecule has 25 heavy (non-hydrogen) atoms. The Morgan fingerprint density at radius 2 is 1.20 bits per heavy atom. The predicted octanol–water partition coefficient (Wildman–Crippen LogP) is 2.52. The van der Waals surface area contributed by atoms with Gasteiger partial charge in [-0.25, -0.2) is 21.6 Å². The van der Waals surface area contributed by atoms with Crippen LogP contribution in [0.4, 0.5) is 31.1 Å². The molecule has 15 heteroatoms. The lowest BCUT2D eigenvalue weighted by Gasteiger charge is -2.23. The molecule has 0 aliphatic carbocycles. The van der Waals surface area contributed by atoms with Crippen LogP contribution in [-0.2, 0) is 29.1 Å². The van der Waals surface area contributed by atoms with E-state index in [0.717, 1.165) is 0 Å².